The van der Waals surface area contributed by atoms with Gasteiger partial charge in [0.25, 0.3) is 0 Å². The molecular formula is C21H29N3O2. The van der Waals surface area contributed by atoms with Crippen LogP contribution in [0.15, 0.2) is 36.9 Å². The lowest BCUT2D eigenvalue weighted by molar-refractivity contribution is -0.143. The second-order valence-electron chi connectivity index (χ2n) is 7.34. The summed E-state index contributed by atoms with van der Waals surface area (Å²) >= 11 is 0. The molecule has 5 nitrogen and oxygen atoms in total. The van der Waals surface area contributed by atoms with E-state index in [1.54, 1.807) is 6.08 Å². The maximum absolute atomic E-state index is 12.9. The molecule has 2 saturated heterocycles. The van der Waals surface area contributed by atoms with Crippen molar-refractivity contribution in [2.75, 3.05) is 25.0 Å². The normalized spacial score (nSPS) is 23.2. The van der Waals surface area contributed by atoms with E-state index in [1.165, 1.54) is 0 Å². The third kappa shape index (κ3) is 3.62. The van der Waals surface area contributed by atoms with Crippen LogP contribution in [0.1, 0.15) is 44.6 Å². The number of nitrogens with zero attached hydrogens (tertiary/aromatic N) is 2. The van der Waals surface area contributed by atoms with E-state index < -0.39 is 0 Å². The Kier molecular flexibility index (Phi) is 5.64. The first-order valence-electron chi connectivity index (χ1n) is 9.65. The first kappa shape index (κ1) is 18.5. The standard InChI is InChI=1S/C21H29N3O2/c1-3-14-24-19(25)11-7-12-21(24)13-8-15-23(16-21)20(26)22-18-10-6-5-9-17(18)4-2/h3,5-6,9-10H,1,4,7-8,11-16H2,2H3,(H,22,26)/t21-/m1/s1. The van der Waals surface area contributed by atoms with Crippen LogP contribution in [0.4, 0.5) is 10.5 Å². The molecule has 0 unspecified atom stereocenters. The summed E-state index contributed by atoms with van der Waals surface area (Å²) in [6.45, 7) is 7.79. The van der Waals surface area contributed by atoms with Crippen LogP contribution < -0.4 is 5.32 Å². The van der Waals surface area contributed by atoms with Gasteiger partial charge < -0.3 is 15.1 Å². The van der Waals surface area contributed by atoms with Crippen molar-refractivity contribution in [1.29, 1.82) is 0 Å². The van der Waals surface area contributed by atoms with Gasteiger partial charge in [-0.25, -0.2) is 4.79 Å². The lowest BCUT2D eigenvalue weighted by Gasteiger charge is -2.51. The predicted octanol–water partition coefficient (Wildman–Crippen LogP) is 3.81. The molecule has 140 valence electrons. The average Bonchev–Trinajstić information content (AvgIpc) is 2.65. The molecule has 3 rings (SSSR count). The smallest absolute Gasteiger partial charge is 0.321 e. The lowest BCUT2D eigenvalue weighted by atomic mass is 9.79. The molecule has 1 aromatic rings. The van der Waals surface area contributed by atoms with Crippen molar-refractivity contribution in [3.8, 4) is 0 Å². The number of hydrogen-bond donors (Lipinski definition) is 1. The van der Waals surface area contributed by atoms with Crippen LogP contribution in [0.5, 0.6) is 0 Å². The number of anilines is 1. The Morgan fingerprint density at radius 1 is 1.31 bits per heavy atom. The lowest BCUT2D eigenvalue weighted by Crippen LogP contribution is -2.63. The number of amides is 3. The molecule has 3 amide bonds. The van der Waals surface area contributed by atoms with Gasteiger partial charge in [-0.05, 0) is 43.7 Å². The topological polar surface area (TPSA) is 52.7 Å². The third-order valence-electron chi connectivity index (χ3n) is 5.70. The zero-order chi connectivity index (χ0) is 18.6. The van der Waals surface area contributed by atoms with Gasteiger partial charge in [0, 0.05) is 31.7 Å². The monoisotopic (exact) mass is 355 g/mol. The third-order valence-corrected chi connectivity index (χ3v) is 5.70. The number of carbonyl (C=O) groups excluding carboxylic acids is 2. The van der Waals surface area contributed by atoms with Gasteiger partial charge in [-0.2, -0.15) is 0 Å². The predicted molar refractivity (Wildman–Crippen MR) is 104 cm³/mol. The summed E-state index contributed by atoms with van der Waals surface area (Å²) in [5.41, 5.74) is 1.78. The highest BCUT2D eigenvalue weighted by Gasteiger charge is 2.45. The van der Waals surface area contributed by atoms with Gasteiger partial charge in [-0.15, -0.1) is 6.58 Å². The molecule has 2 fully saturated rings. The minimum Gasteiger partial charge on any atom is -0.332 e. The second-order valence-corrected chi connectivity index (χ2v) is 7.34. The molecule has 2 aliphatic heterocycles. The van der Waals surface area contributed by atoms with Crippen LogP contribution >= 0.6 is 0 Å². The van der Waals surface area contributed by atoms with E-state index in [0.29, 0.717) is 19.5 Å². The molecule has 1 atom stereocenters. The number of carbonyl (C=O) groups is 2. The van der Waals surface area contributed by atoms with Gasteiger partial charge in [0.05, 0.1) is 5.54 Å². The Labute approximate surface area is 156 Å². The summed E-state index contributed by atoms with van der Waals surface area (Å²) in [6.07, 6.45) is 7.02. The maximum atomic E-state index is 12.9. The maximum Gasteiger partial charge on any atom is 0.321 e. The molecule has 0 radical (unpaired) electrons. The van der Waals surface area contributed by atoms with Crippen LogP contribution in [-0.4, -0.2) is 46.9 Å². The average molecular weight is 355 g/mol. The quantitative estimate of drug-likeness (QED) is 0.835. The number of likely N-dealkylation sites (tertiary alicyclic amines) is 2. The van der Waals surface area contributed by atoms with Gasteiger partial charge in [-0.3, -0.25) is 4.79 Å². The first-order chi connectivity index (χ1) is 12.6. The fourth-order valence-corrected chi connectivity index (χ4v) is 4.38. The number of benzene rings is 1. The largest absolute Gasteiger partial charge is 0.332 e. The second kappa shape index (κ2) is 7.94. The molecule has 0 aromatic heterocycles. The Hall–Kier alpha value is -2.30. The number of aryl methyl sites for hydroxylation is 1. The summed E-state index contributed by atoms with van der Waals surface area (Å²) in [4.78, 5) is 29.2. The molecule has 0 saturated carbocycles. The minimum absolute atomic E-state index is 0.0680. The molecule has 2 heterocycles. The Bertz CT molecular complexity index is 684. The van der Waals surface area contributed by atoms with Crippen molar-refractivity contribution in [3.63, 3.8) is 0 Å². The van der Waals surface area contributed by atoms with Crippen LogP contribution in [0.3, 0.4) is 0 Å². The summed E-state index contributed by atoms with van der Waals surface area (Å²) in [5, 5.41) is 3.07. The number of hydrogen-bond acceptors (Lipinski definition) is 2. The molecule has 1 N–H and O–H groups in total. The zero-order valence-electron chi connectivity index (χ0n) is 15.7. The van der Waals surface area contributed by atoms with E-state index in [0.717, 1.165) is 49.9 Å². The fraction of sp³-hybridized carbons (Fsp3) is 0.524. The number of urea groups is 1. The van der Waals surface area contributed by atoms with Crippen molar-refractivity contribution in [3.05, 3.63) is 42.5 Å². The van der Waals surface area contributed by atoms with Crippen LogP contribution in [0.2, 0.25) is 0 Å². The van der Waals surface area contributed by atoms with E-state index >= 15 is 0 Å². The first-order valence-corrected chi connectivity index (χ1v) is 9.65. The Morgan fingerprint density at radius 3 is 2.85 bits per heavy atom. The van der Waals surface area contributed by atoms with Gasteiger partial charge in [0.15, 0.2) is 0 Å². The molecular weight excluding hydrogens is 326 g/mol. The molecule has 26 heavy (non-hydrogen) atoms. The van der Waals surface area contributed by atoms with E-state index in [-0.39, 0.29) is 17.5 Å². The van der Waals surface area contributed by atoms with E-state index in [2.05, 4.69) is 18.8 Å². The van der Waals surface area contributed by atoms with Crippen molar-refractivity contribution in [2.45, 2.75) is 51.0 Å². The minimum atomic E-state index is -0.233. The van der Waals surface area contributed by atoms with Crippen molar-refractivity contribution < 1.29 is 9.59 Å². The molecule has 0 aliphatic carbocycles. The van der Waals surface area contributed by atoms with Crippen LogP contribution in [-0.2, 0) is 11.2 Å². The van der Waals surface area contributed by atoms with Gasteiger partial charge >= 0.3 is 6.03 Å². The summed E-state index contributed by atoms with van der Waals surface area (Å²) in [6, 6.07) is 7.86. The molecule has 1 aromatic carbocycles. The van der Waals surface area contributed by atoms with Gasteiger partial charge in [-0.1, -0.05) is 31.2 Å². The van der Waals surface area contributed by atoms with Crippen molar-refractivity contribution in [2.24, 2.45) is 0 Å². The molecule has 1 spiro atoms. The molecule has 5 heteroatoms. The molecule has 2 aliphatic rings. The fourth-order valence-electron chi connectivity index (χ4n) is 4.38. The van der Waals surface area contributed by atoms with Crippen LogP contribution in [0.25, 0.3) is 0 Å². The number of piperidine rings is 2. The van der Waals surface area contributed by atoms with E-state index in [9.17, 15) is 9.59 Å². The van der Waals surface area contributed by atoms with Crippen molar-refractivity contribution in [1.82, 2.24) is 9.80 Å². The highest BCUT2D eigenvalue weighted by atomic mass is 16.2. The zero-order valence-corrected chi connectivity index (χ0v) is 15.7. The summed E-state index contributed by atoms with van der Waals surface area (Å²) in [5.74, 6) is 0.190. The van der Waals surface area contributed by atoms with Crippen LogP contribution in [0, 0.1) is 0 Å². The number of rotatable bonds is 4. The SMILES string of the molecule is C=CCN1C(=O)CCC[C@]12CCCN(C(=O)Nc1ccccc1CC)C2. The molecule has 0 bridgehead atoms. The Balaban J connectivity index is 1.75. The number of nitrogens with one attached hydrogen (secondary N) is 1. The van der Waals surface area contributed by atoms with Gasteiger partial charge in [0.1, 0.15) is 0 Å². The highest BCUT2D eigenvalue weighted by molar-refractivity contribution is 5.90. The van der Waals surface area contributed by atoms with E-state index in [1.807, 2.05) is 34.1 Å². The summed E-state index contributed by atoms with van der Waals surface area (Å²) in [7, 11) is 0. The highest BCUT2D eigenvalue weighted by Crippen LogP contribution is 2.37. The van der Waals surface area contributed by atoms with Gasteiger partial charge in [0.2, 0.25) is 5.91 Å². The Morgan fingerprint density at radius 2 is 2.08 bits per heavy atom. The van der Waals surface area contributed by atoms with E-state index in [4.69, 9.17) is 0 Å². The number of para-hydroxylation sites is 1. The summed E-state index contributed by atoms with van der Waals surface area (Å²) < 4.78 is 0. The van der Waals surface area contributed by atoms with Crippen molar-refractivity contribution >= 4 is 17.6 Å².